The van der Waals surface area contributed by atoms with Crippen molar-refractivity contribution in [2.45, 2.75) is 6.42 Å². The summed E-state index contributed by atoms with van der Waals surface area (Å²) in [6.07, 6.45) is -0.376. The molecule has 0 spiro atoms. The Morgan fingerprint density at radius 2 is 2.33 bits per heavy atom. The molecule has 0 bridgehead atoms. The van der Waals surface area contributed by atoms with Gasteiger partial charge >= 0.3 is 5.97 Å². The van der Waals surface area contributed by atoms with E-state index in [1.165, 1.54) is 12.1 Å². The van der Waals surface area contributed by atoms with Gasteiger partial charge in [0, 0.05) is 5.56 Å². The Morgan fingerprint density at radius 3 is 2.83 bits per heavy atom. The lowest BCUT2D eigenvalue weighted by molar-refractivity contribution is -0.136. The normalized spacial score (nSPS) is 9.75. The third-order valence-electron chi connectivity index (χ3n) is 1.29. The number of nitrogens with zero attached hydrogens (tertiary/aromatic N) is 1. The summed E-state index contributed by atoms with van der Waals surface area (Å²) in [5, 5.41) is 8.33. The second kappa shape index (κ2) is 3.17. The summed E-state index contributed by atoms with van der Waals surface area (Å²) < 4.78 is 12.8. The molecular weight excluding hydrogens is 163 g/mol. The van der Waals surface area contributed by atoms with Gasteiger partial charge in [0.15, 0.2) is 0 Å². The van der Waals surface area contributed by atoms with E-state index >= 15 is 0 Å². The van der Waals surface area contributed by atoms with Gasteiger partial charge in [-0.05, 0) is 6.07 Å². The van der Waals surface area contributed by atoms with Crippen LogP contribution in [0.4, 0.5) is 10.2 Å². The van der Waals surface area contributed by atoms with Crippen LogP contribution in [0.1, 0.15) is 5.56 Å². The largest absolute Gasteiger partial charge is 0.481 e. The standard InChI is InChI=1S/C7H7FN2O2/c8-7-4(3-6(11)12)1-2-5(9)10-7/h1-2H,3H2,(H2,9,10)(H,11,12). The molecule has 0 aliphatic heterocycles. The monoisotopic (exact) mass is 170 g/mol. The number of carboxylic acids is 1. The van der Waals surface area contributed by atoms with Crippen LogP contribution < -0.4 is 5.73 Å². The Labute approximate surface area is 67.8 Å². The SMILES string of the molecule is Nc1ccc(CC(=O)O)c(F)n1. The Morgan fingerprint density at radius 1 is 1.67 bits per heavy atom. The average molecular weight is 170 g/mol. The van der Waals surface area contributed by atoms with Crippen LogP contribution >= 0.6 is 0 Å². The molecule has 0 aromatic carbocycles. The molecule has 3 N–H and O–H groups in total. The van der Waals surface area contributed by atoms with E-state index in [1.807, 2.05) is 0 Å². The van der Waals surface area contributed by atoms with E-state index in [-0.39, 0.29) is 17.8 Å². The Bertz CT molecular complexity index is 314. The van der Waals surface area contributed by atoms with Gasteiger partial charge in [0.05, 0.1) is 6.42 Å². The fourth-order valence-electron chi connectivity index (χ4n) is 0.772. The summed E-state index contributed by atoms with van der Waals surface area (Å²) in [6, 6.07) is 2.67. The summed E-state index contributed by atoms with van der Waals surface area (Å²) in [7, 11) is 0. The zero-order valence-electron chi connectivity index (χ0n) is 6.12. The fraction of sp³-hybridized carbons (Fsp3) is 0.143. The smallest absolute Gasteiger partial charge is 0.307 e. The van der Waals surface area contributed by atoms with Crippen molar-refractivity contribution >= 4 is 11.8 Å². The maximum atomic E-state index is 12.8. The zero-order valence-corrected chi connectivity index (χ0v) is 6.12. The number of carbonyl (C=O) groups is 1. The summed E-state index contributed by atoms with van der Waals surface area (Å²) in [6.45, 7) is 0. The molecule has 0 aliphatic rings. The molecule has 1 rings (SSSR count). The highest BCUT2D eigenvalue weighted by Gasteiger charge is 2.07. The Hall–Kier alpha value is -1.65. The van der Waals surface area contributed by atoms with Gasteiger partial charge in [-0.15, -0.1) is 0 Å². The van der Waals surface area contributed by atoms with Crippen LogP contribution in [0.2, 0.25) is 0 Å². The van der Waals surface area contributed by atoms with E-state index in [0.29, 0.717) is 0 Å². The third-order valence-corrected chi connectivity index (χ3v) is 1.29. The summed E-state index contributed by atoms with van der Waals surface area (Å²) in [5.74, 6) is -1.88. The summed E-state index contributed by atoms with van der Waals surface area (Å²) in [4.78, 5) is 13.5. The highest BCUT2D eigenvalue weighted by atomic mass is 19.1. The van der Waals surface area contributed by atoms with Crippen LogP contribution in [-0.4, -0.2) is 16.1 Å². The molecule has 0 saturated heterocycles. The molecule has 12 heavy (non-hydrogen) atoms. The molecule has 5 heteroatoms. The number of nitrogen functional groups attached to an aromatic ring is 1. The molecule has 1 heterocycles. The van der Waals surface area contributed by atoms with Crippen molar-refractivity contribution in [3.05, 3.63) is 23.6 Å². The van der Waals surface area contributed by atoms with Gasteiger partial charge in [0.1, 0.15) is 5.82 Å². The first-order valence-corrected chi connectivity index (χ1v) is 3.22. The minimum atomic E-state index is -1.10. The second-order valence-corrected chi connectivity index (χ2v) is 2.26. The quantitative estimate of drug-likeness (QED) is 0.631. The Kier molecular flexibility index (Phi) is 2.23. The van der Waals surface area contributed by atoms with Crippen molar-refractivity contribution in [1.29, 1.82) is 0 Å². The predicted octanol–water partition coefficient (Wildman–Crippen LogP) is 0.430. The number of nitrogens with two attached hydrogens (primary N) is 1. The van der Waals surface area contributed by atoms with Gasteiger partial charge in [-0.3, -0.25) is 4.79 Å². The lowest BCUT2D eigenvalue weighted by Gasteiger charge is -1.98. The van der Waals surface area contributed by atoms with Crippen LogP contribution in [0.25, 0.3) is 0 Å². The number of halogens is 1. The van der Waals surface area contributed by atoms with Crippen molar-refractivity contribution in [3.63, 3.8) is 0 Å². The number of carboxylic acid groups (broad SMARTS) is 1. The van der Waals surface area contributed by atoms with Gasteiger partial charge in [0.25, 0.3) is 0 Å². The summed E-state index contributed by atoms with van der Waals surface area (Å²) >= 11 is 0. The van der Waals surface area contributed by atoms with E-state index < -0.39 is 11.9 Å². The number of rotatable bonds is 2. The first kappa shape index (κ1) is 8.45. The van der Waals surface area contributed by atoms with E-state index in [1.54, 1.807) is 0 Å². The van der Waals surface area contributed by atoms with E-state index in [0.717, 1.165) is 0 Å². The number of aromatic nitrogens is 1. The molecule has 0 fully saturated rings. The maximum absolute atomic E-state index is 12.8. The predicted molar refractivity (Wildman–Crippen MR) is 39.9 cm³/mol. The number of hydrogen-bond acceptors (Lipinski definition) is 3. The molecule has 0 atom stereocenters. The van der Waals surface area contributed by atoms with Crippen LogP contribution in [0.15, 0.2) is 12.1 Å². The lowest BCUT2D eigenvalue weighted by atomic mass is 10.2. The van der Waals surface area contributed by atoms with Gasteiger partial charge in [0.2, 0.25) is 5.95 Å². The number of anilines is 1. The van der Waals surface area contributed by atoms with Gasteiger partial charge < -0.3 is 10.8 Å². The van der Waals surface area contributed by atoms with Crippen LogP contribution in [-0.2, 0) is 11.2 Å². The molecule has 0 unspecified atom stereocenters. The van der Waals surface area contributed by atoms with Gasteiger partial charge in [-0.25, -0.2) is 4.98 Å². The fourth-order valence-corrected chi connectivity index (χ4v) is 0.772. The van der Waals surface area contributed by atoms with E-state index in [2.05, 4.69) is 4.98 Å². The van der Waals surface area contributed by atoms with Gasteiger partial charge in [-0.2, -0.15) is 4.39 Å². The minimum absolute atomic E-state index is 0.0386. The Balaban J connectivity index is 2.93. The van der Waals surface area contributed by atoms with Crippen molar-refractivity contribution in [2.24, 2.45) is 0 Å². The van der Waals surface area contributed by atoms with Crippen molar-refractivity contribution < 1.29 is 14.3 Å². The molecule has 1 aromatic rings. The third kappa shape index (κ3) is 1.91. The van der Waals surface area contributed by atoms with Gasteiger partial charge in [-0.1, -0.05) is 6.07 Å². The van der Waals surface area contributed by atoms with Crippen molar-refractivity contribution in [1.82, 2.24) is 4.98 Å². The molecular formula is C7H7FN2O2. The van der Waals surface area contributed by atoms with Crippen LogP contribution in [0.5, 0.6) is 0 Å². The zero-order chi connectivity index (χ0) is 9.14. The average Bonchev–Trinajstić information content (AvgIpc) is 1.94. The second-order valence-electron chi connectivity index (χ2n) is 2.26. The lowest BCUT2D eigenvalue weighted by Crippen LogP contribution is -2.04. The number of hydrogen-bond donors (Lipinski definition) is 2. The topological polar surface area (TPSA) is 76.2 Å². The van der Waals surface area contributed by atoms with Crippen LogP contribution in [0, 0.1) is 5.95 Å². The van der Waals surface area contributed by atoms with Crippen molar-refractivity contribution in [2.75, 3.05) is 5.73 Å². The molecule has 0 saturated carbocycles. The number of pyridine rings is 1. The first-order chi connectivity index (χ1) is 5.59. The first-order valence-electron chi connectivity index (χ1n) is 3.22. The molecule has 0 radical (unpaired) electrons. The maximum Gasteiger partial charge on any atom is 0.307 e. The summed E-state index contributed by atoms with van der Waals surface area (Å²) in [5.41, 5.74) is 5.20. The highest BCUT2D eigenvalue weighted by Crippen LogP contribution is 2.07. The molecule has 64 valence electrons. The van der Waals surface area contributed by atoms with E-state index in [4.69, 9.17) is 10.8 Å². The number of aliphatic carboxylic acids is 1. The minimum Gasteiger partial charge on any atom is -0.481 e. The molecule has 0 aliphatic carbocycles. The molecule has 0 amide bonds. The highest BCUT2D eigenvalue weighted by molar-refractivity contribution is 5.70. The molecule has 1 aromatic heterocycles. The van der Waals surface area contributed by atoms with E-state index in [9.17, 15) is 9.18 Å². The molecule has 4 nitrogen and oxygen atoms in total. The van der Waals surface area contributed by atoms with Crippen molar-refractivity contribution in [3.8, 4) is 0 Å². The van der Waals surface area contributed by atoms with Crippen LogP contribution in [0.3, 0.4) is 0 Å².